The fourth-order valence-electron chi connectivity index (χ4n) is 1.41. The minimum absolute atomic E-state index is 0.640. The lowest BCUT2D eigenvalue weighted by Gasteiger charge is -1.98. The van der Waals surface area contributed by atoms with Gasteiger partial charge in [-0.25, -0.2) is 4.21 Å². The standard InChI is InChI=1S/C14H14N2O2S/c1-11-3-7-14(8-4-11)19(17)16-9-12-5-6-13(18-2)10-15-12/h3-10H,1-2H3/b16-9+. The molecule has 2 aromatic rings. The molecule has 2 rings (SSSR count). The highest BCUT2D eigenvalue weighted by Crippen LogP contribution is 2.10. The van der Waals surface area contributed by atoms with Gasteiger partial charge in [-0.1, -0.05) is 17.7 Å². The van der Waals surface area contributed by atoms with Crippen LogP contribution in [-0.2, 0) is 11.0 Å². The summed E-state index contributed by atoms with van der Waals surface area (Å²) in [6, 6.07) is 11.0. The molecule has 0 aliphatic rings. The van der Waals surface area contributed by atoms with E-state index < -0.39 is 11.0 Å². The maximum Gasteiger partial charge on any atom is 0.172 e. The number of methoxy groups -OCH3 is 1. The number of ether oxygens (including phenoxy) is 1. The second-order valence-corrected chi connectivity index (χ2v) is 5.10. The van der Waals surface area contributed by atoms with Gasteiger partial charge in [0.05, 0.1) is 30.1 Å². The molecular formula is C14H14N2O2S. The van der Waals surface area contributed by atoms with E-state index in [9.17, 15) is 4.21 Å². The molecule has 0 amide bonds. The second kappa shape index (κ2) is 6.24. The van der Waals surface area contributed by atoms with Gasteiger partial charge in [-0.2, -0.15) is 4.40 Å². The lowest BCUT2D eigenvalue weighted by atomic mass is 10.2. The fourth-order valence-corrected chi connectivity index (χ4v) is 2.10. The van der Waals surface area contributed by atoms with Gasteiger partial charge in [0.25, 0.3) is 0 Å². The highest BCUT2D eigenvalue weighted by molar-refractivity contribution is 7.83. The number of aryl methyl sites for hydroxylation is 1. The molecule has 0 bridgehead atoms. The summed E-state index contributed by atoms with van der Waals surface area (Å²) in [5.74, 6) is 0.678. The van der Waals surface area contributed by atoms with Crippen LogP contribution in [0.3, 0.4) is 0 Å². The average Bonchev–Trinajstić information content (AvgIpc) is 2.46. The van der Waals surface area contributed by atoms with E-state index in [1.807, 2.05) is 31.2 Å². The monoisotopic (exact) mass is 274 g/mol. The number of pyridine rings is 1. The summed E-state index contributed by atoms with van der Waals surface area (Å²) in [5, 5.41) is 0. The average molecular weight is 274 g/mol. The van der Waals surface area contributed by atoms with Crippen LogP contribution < -0.4 is 4.74 Å². The van der Waals surface area contributed by atoms with Crippen molar-refractivity contribution in [2.45, 2.75) is 11.8 Å². The van der Waals surface area contributed by atoms with Crippen LogP contribution in [-0.4, -0.2) is 22.5 Å². The van der Waals surface area contributed by atoms with Gasteiger partial charge in [0.15, 0.2) is 11.0 Å². The van der Waals surface area contributed by atoms with E-state index >= 15 is 0 Å². The second-order valence-electron chi connectivity index (χ2n) is 3.92. The summed E-state index contributed by atoms with van der Waals surface area (Å²) in [7, 11) is 0.179. The lowest BCUT2D eigenvalue weighted by molar-refractivity contribution is 0.413. The first-order valence-corrected chi connectivity index (χ1v) is 6.82. The molecule has 0 saturated carbocycles. The number of nitrogens with zero attached hydrogens (tertiary/aromatic N) is 2. The number of aromatic nitrogens is 1. The van der Waals surface area contributed by atoms with Crippen molar-refractivity contribution in [3.8, 4) is 5.75 Å². The molecule has 1 aromatic heterocycles. The van der Waals surface area contributed by atoms with Crippen molar-refractivity contribution in [1.82, 2.24) is 4.98 Å². The van der Waals surface area contributed by atoms with Gasteiger partial charge in [0.1, 0.15) is 5.75 Å². The Morgan fingerprint density at radius 1 is 1.21 bits per heavy atom. The lowest BCUT2D eigenvalue weighted by Crippen LogP contribution is -1.92. The van der Waals surface area contributed by atoms with Crippen molar-refractivity contribution in [3.63, 3.8) is 0 Å². The Balaban J connectivity index is 2.08. The molecule has 5 heteroatoms. The Morgan fingerprint density at radius 2 is 1.95 bits per heavy atom. The normalized spacial score (nSPS) is 12.5. The van der Waals surface area contributed by atoms with Crippen LogP contribution in [0.5, 0.6) is 5.75 Å². The van der Waals surface area contributed by atoms with Crippen molar-refractivity contribution < 1.29 is 8.95 Å². The summed E-state index contributed by atoms with van der Waals surface area (Å²) in [5.41, 5.74) is 1.77. The number of rotatable bonds is 4. The van der Waals surface area contributed by atoms with Crippen LogP contribution in [0, 0.1) is 6.92 Å². The van der Waals surface area contributed by atoms with Crippen molar-refractivity contribution in [1.29, 1.82) is 0 Å². The smallest absolute Gasteiger partial charge is 0.172 e. The third kappa shape index (κ3) is 3.72. The summed E-state index contributed by atoms with van der Waals surface area (Å²) < 4.78 is 20.9. The SMILES string of the molecule is COc1ccc(/C=N/S(=O)c2ccc(C)cc2)nc1. The minimum Gasteiger partial charge on any atom is -0.495 e. The van der Waals surface area contributed by atoms with Crippen LogP contribution in [0.25, 0.3) is 0 Å². The van der Waals surface area contributed by atoms with Crippen LogP contribution in [0.2, 0.25) is 0 Å². The van der Waals surface area contributed by atoms with Crippen molar-refractivity contribution >= 4 is 17.2 Å². The predicted octanol–water partition coefficient (Wildman–Crippen LogP) is 2.54. The van der Waals surface area contributed by atoms with Crippen molar-refractivity contribution in [3.05, 3.63) is 53.9 Å². The number of hydrogen-bond acceptors (Lipinski definition) is 3. The van der Waals surface area contributed by atoms with Crippen molar-refractivity contribution in [2.75, 3.05) is 7.11 Å². The van der Waals surface area contributed by atoms with Crippen LogP contribution in [0.4, 0.5) is 0 Å². The molecule has 0 aliphatic heterocycles. The van der Waals surface area contributed by atoms with E-state index in [1.165, 1.54) is 6.21 Å². The van der Waals surface area contributed by atoms with Gasteiger partial charge in [0, 0.05) is 0 Å². The van der Waals surface area contributed by atoms with E-state index in [0.717, 1.165) is 5.56 Å². The molecule has 4 nitrogen and oxygen atoms in total. The Morgan fingerprint density at radius 3 is 2.53 bits per heavy atom. The third-order valence-corrected chi connectivity index (χ3v) is 3.47. The zero-order chi connectivity index (χ0) is 13.7. The van der Waals surface area contributed by atoms with Crippen LogP contribution in [0.15, 0.2) is 51.9 Å². The quantitative estimate of drug-likeness (QED) is 0.805. The topological polar surface area (TPSA) is 51.5 Å². The summed E-state index contributed by atoms with van der Waals surface area (Å²) >= 11 is 0. The van der Waals surface area contributed by atoms with E-state index in [1.54, 1.807) is 25.4 Å². The molecule has 1 heterocycles. The summed E-state index contributed by atoms with van der Waals surface area (Å²) in [6.07, 6.45) is 3.09. The van der Waals surface area contributed by atoms with Gasteiger partial charge >= 0.3 is 0 Å². The molecule has 0 saturated heterocycles. The zero-order valence-corrected chi connectivity index (χ0v) is 11.6. The number of hydrogen-bond donors (Lipinski definition) is 0. The highest BCUT2D eigenvalue weighted by atomic mass is 32.2. The van der Waals surface area contributed by atoms with Gasteiger partial charge in [-0.3, -0.25) is 4.98 Å². The van der Waals surface area contributed by atoms with E-state index in [0.29, 0.717) is 16.3 Å². The maximum absolute atomic E-state index is 11.9. The third-order valence-electron chi connectivity index (χ3n) is 2.50. The Bertz CT molecular complexity index is 592. The molecule has 19 heavy (non-hydrogen) atoms. The molecule has 0 radical (unpaired) electrons. The first-order valence-electron chi connectivity index (χ1n) is 5.72. The van der Waals surface area contributed by atoms with Gasteiger partial charge in [0.2, 0.25) is 0 Å². The number of benzene rings is 1. The Labute approximate surface area is 114 Å². The van der Waals surface area contributed by atoms with E-state index in [-0.39, 0.29) is 0 Å². The van der Waals surface area contributed by atoms with Gasteiger partial charge in [-0.15, -0.1) is 0 Å². The first-order chi connectivity index (χ1) is 9.19. The minimum atomic E-state index is -1.40. The van der Waals surface area contributed by atoms with Crippen LogP contribution in [0.1, 0.15) is 11.3 Å². The Kier molecular flexibility index (Phi) is 4.41. The molecule has 0 spiro atoms. The van der Waals surface area contributed by atoms with E-state index in [2.05, 4.69) is 9.38 Å². The molecule has 1 unspecified atom stereocenters. The molecule has 0 N–H and O–H groups in total. The molecular weight excluding hydrogens is 260 g/mol. The largest absolute Gasteiger partial charge is 0.495 e. The van der Waals surface area contributed by atoms with Crippen molar-refractivity contribution in [2.24, 2.45) is 4.40 Å². The van der Waals surface area contributed by atoms with Gasteiger partial charge < -0.3 is 4.74 Å². The van der Waals surface area contributed by atoms with E-state index in [4.69, 9.17) is 4.74 Å². The van der Waals surface area contributed by atoms with Crippen LogP contribution >= 0.6 is 0 Å². The molecule has 0 aliphatic carbocycles. The summed E-state index contributed by atoms with van der Waals surface area (Å²) in [6.45, 7) is 1.98. The molecule has 1 atom stereocenters. The zero-order valence-electron chi connectivity index (χ0n) is 10.7. The Hall–Kier alpha value is -2.01. The molecule has 1 aromatic carbocycles. The molecule has 0 fully saturated rings. The maximum atomic E-state index is 11.9. The summed E-state index contributed by atoms with van der Waals surface area (Å²) in [4.78, 5) is 4.80. The highest BCUT2D eigenvalue weighted by Gasteiger charge is 2.00. The van der Waals surface area contributed by atoms with Gasteiger partial charge in [-0.05, 0) is 31.2 Å². The predicted molar refractivity (Wildman–Crippen MR) is 76.0 cm³/mol. The fraction of sp³-hybridized carbons (Fsp3) is 0.143. The molecule has 98 valence electrons. The first kappa shape index (κ1) is 13.4.